The maximum absolute atomic E-state index is 10.0. The molecule has 0 unspecified atom stereocenters. The molecule has 6 nitrogen and oxygen atoms in total. The molecule has 0 spiro atoms. The Labute approximate surface area is 234 Å². The number of hydrogen-bond acceptors (Lipinski definition) is 7. The molecule has 0 saturated heterocycles. The fourth-order valence-corrected chi connectivity index (χ4v) is 4.22. The van der Waals surface area contributed by atoms with Crippen molar-refractivity contribution in [3.05, 3.63) is 62.6 Å². The Bertz CT molecular complexity index is 1090. The van der Waals surface area contributed by atoms with Crippen LogP contribution in [0.15, 0.2) is 34.8 Å². The summed E-state index contributed by atoms with van der Waals surface area (Å²) in [5.41, 5.74) is 6.15. The topological polar surface area (TPSA) is 105 Å². The minimum Gasteiger partial charge on any atom is -0.508 e. The van der Waals surface area contributed by atoms with Crippen LogP contribution in [0, 0.1) is 20.8 Å². The highest BCUT2D eigenvalue weighted by atomic mass is 32.2. The molecule has 2 aromatic carbocycles. The zero-order chi connectivity index (χ0) is 29.6. The van der Waals surface area contributed by atoms with E-state index in [2.05, 4.69) is 45.1 Å². The molecule has 2 heterocycles. The van der Waals surface area contributed by atoms with E-state index >= 15 is 0 Å². The Hall–Kier alpha value is -2.61. The Kier molecular flexibility index (Phi) is 15.9. The number of phenols is 2. The van der Waals surface area contributed by atoms with E-state index in [1.807, 2.05) is 48.5 Å². The van der Waals surface area contributed by atoms with E-state index in [9.17, 15) is 10.2 Å². The molecule has 2 aromatic rings. The monoisotopic (exact) mass is 547 g/mol. The third-order valence-corrected chi connectivity index (χ3v) is 6.90. The average molecular weight is 548 g/mol. The molecule has 0 bridgehead atoms. The number of nitrogens with two attached hydrogens (primary N) is 1. The molecule has 0 fully saturated rings. The molecule has 0 aromatic heterocycles. The predicted octanol–water partition coefficient (Wildman–Crippen LogP) is 8.24. The number of aromatic hydroxyl groups is 2. The molecule has 4 rings (SSSR count). The van der Waals surface area contributed by atoms with Gasteiger partial charge < -0.3 is 24.9 Å². The van der Waals surface area contributed by atoms with Gasteiger partial charge in [0, 0.05) is 11.1 Å². The van der Waals surface area contributed by atoms with Crippen molar-refractivity contribution < 1.29 is 24.9 Å². The van der Waals surface area contributed by atoms with Crippen LogP contribution in [0.1, 0.15) is 82.7 Å². The van der Waals surface area contributed by atoms with Crippen LogP contribution in [0.2, 0.25) is 0 Å². The smallest absolute Gasteiger partial charge is 0.127 e. The summed E-state index contributed by atoms with van der Waals surface area (Å²) in [6.45, 7) is 20.8. The lowest BCUT2D eigenvalue weighted by Gasteiger charge is -2.35. The first-order valence-corrected chi connectivity index (χ1v) is 14.4. The van der Waals surface area contributed by atoms with Gasteiger partial charge in [0.2, 0.25) is 0 Å². The lowest BCUT2D eigenvalue weighted by Crippen LogP contribution is -2.33. The van der Waals surface area contributed by atoms with Crippen molar-refractivity contribution >= 4 is 17.8 Å². The van der Waals surface area contributed by atoms with Gasteiger partial charge in [0.05, 0.1) is 0 Å². The summed E-state index contributed by atoms with van der Waals surface area (Å²) in [4.78, 5) is 1.25. The van der Waals surface area contributed by atoms with Crippen molar-refractivity contribution in [2.24, 2.45) is 5.90 Å². The van der Waals surface area contributed by atoms with Gasteiger partial charge in [0.25, 0.3) is 0 Å². The molecule has 7 heteroatoms. The van der Waals surface area contributed by atoms with Gasteiger partial charge in [-0.3, -0.25) is 0 Å². The van der Waals surface area contributed by atoms with Gasteiger partial charge in [-0.05, 0) is 118 Å². The minimum atomic E-state index is -0.0897. The number of thioether (sulfide) groups is 1. The highest BCUT2D eigenvalue weighted by Gasteiger charge is 2.30. The molecule has 0 radical (unpaired) electrons. The maximum Gasteiger partial charge on any atom is 0.127 e. The van der Waals surface area contributed by atoms with Crippen LogP contribution >= 0.6 is 11.8 Å². The summed E-state index contributed by atoms with van der Waals surface area (Å²) in [7, 11) is 0. The van der Waals surface area contributed by atoms with Gasteiger partial charge in [-0.25, -0.2) is 5.90 Å². The first-order chi connectivity index (χ1) is 18.0. The molecule has 2 aliphatic rings. The number of hydrogen-bond donors (Lipinski definition) is 4. The molecule has 5 N–H and O–H groups in total. The van der Waals surface area contributed by atoms with E-state index in [1.54, 1.807) is 30.0 Å². The zero-order valence-electron chi connectivity index (χ0n) is 25.2. The number of rotatable bonds is 2. The quantitative estimate of drug-likeness (QED) is 0.281. The van der Waals surface area contributed by atoms with Crippen molar-refractivity contribution in [3.63, 3.8) is 0 Å². The fourth-order valence-electron chi connectivity index (χ4n) is 3.95. The molecule has 0 amide bonds. The SMILES string of the molecule is CC.CC.CS/C(C)=C\C1=Cc2cc(O)ccc2OC1.Cc1c(C)c2c(c(C)c1O)CCC(C)(C)O2.NO. The molecule has 214 valence electrons. The van der Waals surface area contributed by atoms with Crippen molar-refractivity contribution in [2.45, 2.75) is 87.7 Å². The third kappa shape index (κ3) is 9.61. The summed E-state index contributed by atoms with van der Waals surface area (Å²) < 4.78 is 11.7. The molecular weight excluding hydrogens is 498 g/mol. The van der Waals surface area contributed by atoms with Crippen molar-refractivity contribution in [1.82, 2.24) is 0 Å². The summed E-state index contributed by atoms with van der Waals surface area (Å²) in [5, 5.41) is 25.9. The van der Waals surface area contributed by atoms with Crippen molar-refractivity contribution in [3.8, 4) is 23.0 Å². The number of phenolic OH excluding ortho intramolecular Hbond substituents is 2. The van der Waals surface area contributed by atoms with Crippen molar-refractivity contribution in [1.29, 1.82) is 0 Å². The van der Waals surface area contributed by atoms with E-state index in [4.69, 9.17) is 14.7 Å². The van der Waals surface area contributed by atoms with Crippen molar-refractivity contribution in [2.75, 3.05) is 12.9 Å². The molecule has 2 aliphatic heterocycles. The number of allylic oxidation sites excluding steroid dienone is 1. The van der Waals surface area contributed by atoms with Crippen LogP contribution in [0.4, 0.5) is 0 Å². The summed E-state index contributed by atoms with van der Waals surface area (Å²) in [6, 6.07) is 5.15. The number of ether oxygens (including phenoxy) is 2. The lowest BCUT2D eigenvalue weighted by atomic mass is 9.88. The summed E-state index contributed by atoms with van der Waals surface area (Å²) >= 11 is 1.72. The Morgan fingerprint density at radius 1 is 1.00 bits per heavy atom. The number of benzene rings is 2. The van der Waals surface area contributed by atoms with Crippen LogP contribution in [0.3, 0.4) is 0 Å². The van der Waals surface area contributed by atoms with Gasteiger partial charge in [0.15, 0.2) is 0 Å². The van der Waals surface area contributed by atoms with Gasteiger partial charge in [-0.15, -0.1) is 11.8 Å². The van der Waals surface area contributed by atoms with Crippen LogP contribution in [0.25, 0.3) is 6.08 Å². The van der Waals surface area contributed by atoms with Gasteiger partial charge in [-0.1, -0.05) is 27.7 Å². The molecule has 38 heavy (non-hydrogen) atoms. The second-order valence-corrected chi connectivity index (χ2v) is 10.1. The van der Waals surface area contributed by atoms with Gasteiger partial charge >= 0.3 is 0 Å². The van der Waals surface area contributed by atoms with E-state index in [-0.39, 0.29) is 11.4 Å². The molecule has 0 aliphatic carbocycles. The summed E-state index contributed by atoms with van der Waals surface area (Å²) in [5.74, 6) is 6.02. The second-order valence-electron chi connectivity index (χ2n) is 9.08. The van der Waals surface area contributed by atoms with Crippen LogP contribution < -0.4 is 15.4 Å². The molecule has 0 atom stereocenters. The summed E-state index contributed by atoms with van der Waals surface area (Å²) in [6.07, 6.45) is 8.21. The van der Waals surface area contributed by atoms with Gasteiger partial charge in [0.1, 0.15) is 35.2 Å². The molecular formula is C31H49NO5S. The fraction of sp³-hybridized carbons (Fsp3) is 0.484. The van der Waals surface area contributed by atoms with E-state index in [0.717, 1.165) is 52.2 Å². The van der Waals surface area contributed by atoms with E-state index < -0.39 is 0 Å². The largest absolute Gasteiger partial charge is 0.508 e. The Morgan fingerprint density at radius 3 is 2.18 bits per heavy atom. The maximum atomic E-state index is 10.0. The Balaban J connectivity index is 0.000000603. The first-order valence-electron chi connectivity index (χ1n) is 13.2. The van der Waals surface area contributed by atoms with Crippen LogP contribution in [0.5, 0.6) is 23.0 Å². The first kappa shape index (κ1) is 35.4. The highest BCUT2D eigenvalue weighted by Crippen LogP contribution is 2.43. The van der Waals surface area contributed by atoms with Crippen LogP contribution in [-0.4, -0.2) is 33.9 Å². The number of fused-ring (bicyclic) bond motifs is 2. The zero-order valence-corrected chi connectivity index (χ0v) is 26.0. The van der Waals surface area contributed by atoms with Crippen LogP contribution in [-0.2, 0) is 6.42 Å². The standard InChI is InChI=1S/C14H20O2.C13H14O2S.2C2H6.H3NO/c1-8-9(2)13-11(10(3)12(8)15)6-7-14(4,5)16-13;1-9(16-2)5-10-6-11-7-12(14)3-4-13(11)15-8-10;3*1-2/h15H,6-7H2,1-5H3;3-7,14H,8H2,1-2H3;2*1-2H3;2H,1H2/b;9-5-;;;. The molecule has 0 saturated carbocycles. The minimum absolute atomic E-state index is 0.0897. The third-order valence-electron chi connectivity index (χ3n) is 6.13. The highest BCUT2D eigenvalue weighted by molar-refractivity contribution is 8.02. The normalized spacial score (nSPS) is 14.3. The second kappa shape index (κ2) is 17.1. The predicted molar refractivity (Wildman–Crippen MR) is 163 cm³/mol. The Morgan fingerprint density at radius 2 is 1.61 bits per heavy atom. The van der Waals surface area contributed by atoms with Gasteiger partial charge in [-0.2, -0.15) is 0 Å². The van der Waals surface area contributed by atoms with E-state index in [0.29, 0.717) is 12.4 Å². The average Bonchev–Trinajstić information content (AvgIpc) is 2.93. The lowest BCUT2D eigenvalue weighted by molar-refractivity contribution is 0.0831. The van der Waals surface area contributed by atoms with E-state index in [1.165, 1.54) is 10.5 Å².